The number of fused-ring (bicyclic) bond motifs is 2. The molecule has 17 nitrogen and oxygen atoms in total. The summed E-state index contributed by atoms with van der Waals surface area (Å²) in [5, 5.41) is 14.2. The molecule has 6 heterocycles. The number of aromatic amines is 1. The van der Waals surface area contributed by atoms with Gasteiger partial charge in [0.2, 0.25) is 11.8 Å². The number of pyridine rings is 2. The van der Waals surface area contributed by atoms with E-state index in [1.807, 2.05) is 95.3 Å². The summed E-state index contributed by atoms with van der Waals surface area (Å²) in [4.78, 5) is 53.5. The Kier molecular flexibility index (Phi) is 13.8. The number of carbonyl (C=O) groups excluding carboxylic acids is 3. The van der Waals surface area contributed by atoms with E-state index < -0.39 is 22.9 Å². The number of methoxy groups -OCH3 is 2. The molecule has 3 N–H and O–H groups in total. The van der Waals surface area contributed by atoms with Gasteiger partial charge in [-0.1, -0.05) is 6.07 Å². The molecule has 3 aromatic heterocycles. The summed E-state index contributed by atoms with van der Waals surface area (Å²) in [6, 6.07) is 18.8. The number of halogens is 1. The van der Waals surface area contributed by atoms with E-state index >= 15 is 0 Å². The Morgan fingerprint density at radius 2 is 1.41 bits per heavy atom. The maximum Gasteiger partial charge on any atom is 0.410 e. The van der Waals surface area contributed by atoms with Crippen molar-refractivity contribution in [2.45, 2.75) is 70.8 Å². The number of rotatable bonds is 12. The first-order chi connectivity index (χ1) is 30.7. The van der Waals surface area contributed by atoms with Crippen LogP contribution in [0.25, 0.3) is 22.2 Å². The molecule has 64 heavy (non-hydrogen) atoms. The van der Waals surface area contributed by atoms with Crippen LogP contribution in [0.5, 0.6) is 11.8 Å². The van der Waals surface area contributed by atoms with Crippen molar-refractivity contribution in [3.63, 3.8) is 0 Å². The lowest BCUT2D eigenvalue weighted by atomic mass is 9.99. The lowest BCUT2D eigenvalue weighted by molar-refractivity contribution is -0.136. The normalized spacial score (nSPS) is 19.4. The number of hydrogen-bond acceptors (Lipinski definition) is 13. The fraction of sp³-hybridized carbons (Fsp3) is 0.413. The molecule has 2 atom stereocenters. The molecular formula is C46H54ClN9O8. The van der Waals surface area contributed by atoms with Crippen LogP contribution in [-0.4, -0.2) is 124 Å². The highest BCUT2D eigenvalue weighted by molar-refractivity contribution is 6.16. The smallest absolute Gasteiger partial charge is 0.410 e. The molecule has 18 heteroatoms. The van der Waals surface area contributed by atoms with Gasteiger partial charge in [0.1, 0.15) is 11.3 Å². The molecule has 3 amide bonds. The number of benzene rings is 2. The van der Waals surface area contributed by atoms with Crippen molar-refractivity contribution in [3.05, 3.63) is 89.7 Å². The number of hydrogen-bond donors (Lipinski definition) is 3. The zero-order valence-electron chi connectivity index (χ0n) is 37.1. The molecule has 0 saturated carbocycles. The van der Waals surface area contributed by atoms with E-state index in [0.717, 1.165) is 44.6 Å². The zero-order chi connectivity index (χ0) is 45.6. The molecule has 0 bridgehead atoms. The third-order valence-corrected chi connectivity index (χ3v) is 11.4. The predicted octanol–water partition coefficient (Wildman–Crippen LogP) is 7.00. The van der Waals surface area contributed by atoms with E-state index in [9.17, 15) is 14.4 Å². The predicted molar refractivity (Wildman–Crippen MR) is 243 cm³/mol. The molecule has 0 unspecified atom stereocenters. The first-order valence-corrected chi connectivity index (χ1v) is 21.5. The molecular weight excluding hydrogens is 842 g/mol. The van der Waals surface area contributed by atoms with E-state index in [4.69, 9.17) is 35.5 Å². The number of H-pyrrole nitrogens is 1. The van der Waals surface area contributed by atoms with Crippen LogP contribution in [0.3, 0.4) is 0 Å². The molecule has 8 rings (SSSR count). The van der Waals surface area contributed by atoms with Crippen LogP contribution >= 0.6 is 11.8 Å². The maximum absolute atomic E-state index is 13.3. The number of aliphatic imine (C=N–C) groups is 1. The summed E-state index contributed by atoms with van der Waals surface area (Å²) >= 11 is 6.05. The van der Waals surface area contributed by atoms with E-state index in [1.54, 1.807) is 16.8 Å². The van der Waals surface area contributed by atoms with Gasteiger partial charge in [0.15, 0.2) is 11.2 Å². The fourth-order valence-electron chi connectivity index (χ4n) is 7.71. The molecule has 3 aliphatic rings. The van der Waals surface area contributed by atoms with Gasteiger partial charge < -0.3 is 39.2 Å². The number of amides is 3. The summed E-state index contributed by atoms with van der Waals surface area (Å²) in [5.74, 6) is 0.622. The second-order valence-electron chi connectivity index (χ2n) is 16.6. The van der Waals surface area contributed by atoms with Crippen molar-refractivity contribution >= 4 is 57.7 Å². The van der Waals surface area contributed by atoms with Gasteiger partial charge in [0, 0.05) is 98.1 Å². The van der Waals surface area contributed by atoms with Crippen molar-refractivity contribution in [1.82, 2.24) is 29.5 Å². The van der Waals surface area contributed by atoms with Gasteiger partial charge in [-0.05, 0) is 94.4 Å². The topological polar surface area (TPSA) is 195 Å². The van der Waals surface area contributed by atoms with E-state index in [1.165, 1.54) is 19.1 Å². The number of anilines is 2. The number of nitrogens with zero attached hydrogens (tertiary/aromatic N) is 6. The molecule has 0 aliphatic carbocycles. The van der Waals surface area contributed by atoms with Gasteiger partial charge in [0.05, 0.1) is 44.1 Å². The monoisotopic (exact) mass is 895 g/mol. The van der Waals surface area contributed by atoms with E-state index in [0.29, 0.717) is 75.4 Å². The largest absolute Gasteiger partial charge is 0.478 e. The summed E-state index contributed by atoms with van der Waals surface area (Å²) in [7, 11) is 3.02. The highest BCUT2D eigenvalue weighted by Crippen LogP contribution is 2.33. The minimum atomic E-state index is -1.15. The van der Waals surface area contributed by atoms with E-state index in [2.05, 4.69) is 35.8 Å². The second kappa shape index (κ2) is 19.3. The maximum atomic E-state index is 13.3. The van der Waals surface area contributed by atoms with Crippen molar-refractivity contribution in [1.29, 1.82) is 0 Å². The van der Waals surface area contributed by atoms with Gasteiger partial charge in [-0.2, -0.15) is 5.10 Å². The Morgan fingerprint density at radius 3 is 1.98 bits per heavy atom. The molecule has 2 saturated heterocycles. The third kappa shape index (κ3) is 10.1. The Hall–Kier alpha value is -6.14. The van der Waals surface area contributed by atoms with Crippen molar-refractivity contribution in [3.8, 4) is 23.0 Å². The van der Waals surface area contributed by atoms with Crippen LogP contribution in [0.15, 0.2) is 78.0 Å². The Bertz CT molecular complexity index is 2510. The van der Waals surface area contributed by atoms with Gasteiger partial charge in [-0.25, -0.2) is 19.2 Å². The number of aromatic nitrogens is 4. The van der Waals surface area contributed by atoms with Crippen LogP contribution in [0.4, 0.5) is 16.2 Å². The average Bonchev–Trinajstić information content (AvgIpc) is 4.10. The fourth-order valence-corrected chi connectivity index (χ4v) is 7.99. The summed E-state index contributed by atoms with van der Waals surface area (Å²) in [5.41, 5.74) is 4.78. The first-order valence-electron chi connectivity index (χ1n) is 21.1. The van der Waals surface area contributed by atoms with Gasteiger partial charge in [-0.3, -0.25) is 19.7 Å². The molecule has 2 fully saturated rings. The summed E-state index contributed by atoms with van der Waals surface area (Å²) in [6.45, 7) is 12.4. The summed E-state index contributed by atoms with van der Waals surface area (Å²) < 4.78 is 29.0. The number of nitrogens with one attached hydrogen (secondary N) is 3. The van der Waals surface area contributed by atoms with Gasteiger partial charge in [0.25, 0.3) is 11.8 Å². The minimum Gasteiger partial charge on any atom is -0.478 e. The van der Waals surface area contributed by atoms with Crippen molar-refractivity contribution in [2.75, 3.05) is 64.2 Å². The standard InChI is InChI=1S/C26H32N4O5.C20H22ClN5O3/c1-6-34-21-10-8-18(15-27-21)22-20-13-19(9-7-17(20)14-28-22)29-23(31)26(33-5)11-12-30(16-26)24(32)35-25(2,3)4;1-3-29-17-7-4-13(11-22-17)18-15-10-14(5-6-16(15)24-25-18)23-19(27)20(28-2)8-9-26(21)12-20/h7-10,13,15H,6,11-12,14,16H2,1-5H3,(H,29,31);4-7,10-11H,3,8-9,12H2,1-2H3,(H,23,27)(H,24,25)/t26-;20-/m00/s1. The number of ether oxygens (including phenoxy) is 5. The molecule has 338 valence electrons. The molecule has 2 aromatic carbocycles. The minimum absolute atomic E-state index is 0.125. The van der Waals surface area contributed by atoms with Gasteiger partial charge in [-0.15, -0.1) is 0 Å². The number of likely N-dealkylation sites (tertiary alicyclic amines) is 1. The molecule has 0 spiro atoms. The molecule has 0 radical (unpaired) electrons. The SMILES string of the molecule is CCOc1ccc(-c2n[nH]c3ccc(NC(=O)[C@]4(OC)CCN(Cl)C4)cc23)cn1.CCOc1ccc(C2=NCc3ccc(NC(=O)[C@]4(OC)CCN(C(=O)OC(C)(C)C)C4)cc32)cn1. The lowest BCUT2D eigenvalue weighted by Crippen LogP contribution is -2.48. The van der Waals surface area contributed by atoms with Crippen LogP contribution in [-0.2, 0) is 30.3 Å². The highest BCUT2D eigenvalue weighted by Gasteiger charge is 2.48. The second-order valence-corrected chi connectivity index (χ2v) is 17.0. The molecule has 5 aromatic rings. The first kappa shape index (κ1) is 45.9. The van der Waals surface area contributed by atoms with Crippen LogP contribution in [0, 0.1) is 0 Å². The quantitative estimate of drug-likeness (QED) is 0.109. The Balaban J connectivity index is 0.000000195. The van der Waals surface area contributed by atoms with Crippen molar-refractivity contribution in [2.24, 2.45) is 4.99 Å². The zero-order valence-corrected chi connectivity index (χ0v) is 37.9. The Morgan fingerprint density at radius 1 is 0.797 bits per heavy atom. The highest BCUT2D eigenvalue weighted by atomic mass is 35.5. The van der Waals surface area contributed by atoms with Crippen LogP contribution < -0.4 is 20.1 Å². The van der Waals surface area contributed by atoms with Crippen LogP contribution in [0.1, 0.15) is 64.2 Å². The Labute approximate surface area is 376 Å². The van der Waals surface area contributed by atoms with Crippen LogP contribution in [0.2, 0.25) is 0 Å². The molecule has 3 aliphatic heterocycles. The third-order valence-electron chi connectivity index (χ3n) is 11.1. The average molecular weight is 896 g/mol. The number of carbonyl (C=O) groups is 3. The lowest BCUT2D eigenvalue weighted by Gasteiger charge is -2.28. The summed E-state index contributed by atoms with van der Waals surface area (Å²) in [6.07, 6.45) is 3.93. The van der Waals surface area contributed by atoms with Crippen molar-refractivity contribution < 1.29 is 38.1 Å². The van der Waals surface area contributed by atoms with Gasteiger partial charge >= 0.3 is 6.09 Å². The van der Waals surface area contributed by atoms with E-state index in [-0.39, 0.29) is 18.4 Å².